The number of fused-ring (bicyclic) bond motifs is 1. The number of likely N-dealkylation sites (tertiary alicyclic amines) is 1. The van der Waals surface area contributed by atoms with Crippen molar-refractivity contribution in [2.24, 2.45) is 0 Å². The maximum absolute atomic E-state index is 12.5. The zero-order chi connectivity index (χ0) is 18.3. The minimum Gasteiger partial charge on any atom is -0.387 e. The number of aromatic nitrogens is 3. The molecule has 0 aromatic carbocycles. The number of nitrogens with zero attached hydrogens (tertiary/aromatic N) is 5. The first-order valence-corrected chi connectivity index (χ1v) is 8.67. The summed E-state index contributed by atoms with van der Waals surface area (Å²) in [5, 5.41) is 23.8. The lowest BCUT2D eigenvalue weighted by Crippen LogP contribution is -2.28. The average molecular weight is 349 g/mol. The molecule has 1 fully saturated rings. The van der Waals surface area contributed by atoms with Gasteiger partial charge in [0.2, 0.25) is 0 Å². The number of hydrogen-bond donors (Lipinski definition) is 1. The fourth-order valence-electron chi connectivity index (χ4n) is 3.72. The second-order valence-corrected chi connectivity index (χ2v) is 6.75. The number of allylic oxidation sites excluding steroid dienone is 1. The van der Waals surface area contributed by atoms with Gasteiger partial charge in [0, 0.05) is 43.7 Å². The van der Waals surface area contributed by atoms with Crippen LogP contribution in [0.1, 0.15) is 42.3 Å². The predicted molar refractivity (Wildman–Crippen MR) is 93.6 cm³/mol. The van der Waals surface area contributed by atoms with Crippen molar-refractivity contribution < 1.29 is 9.90 Å². The van der Waals surface area contributed by atoms with E-state index in [4.69, 9.17) is 0 Å². The summed E-state index contributed by atoms with van der Waals surface area (Å²) < 4.78 is 1.92. The summed E-state index contributed by atoms with van der Waals surface area (Å²) in [5.41, 5.74) is 3.03. The largest absolute Gasteiger partial charge is 0.387 e. The molecule has 3 heterocycles. The molecule has 1 unspecified atom stereocenters. The maximum atomic E-state index is 12.5. The zero-order valence-corrected chi connectivity index (χ0v) is 14.5. The number of carbonyl (C=O) groups excluding carboxylic acids is 1. The molecule has 2 aromatic heterocycles. The number of hydrogen-bond acceptors (Lipinski definition) is 6. The molecule has 1 aliphatic carbocycles. The van der Waals surface area contributed by atoms with E-state index in [2.05, 4.69) is 21.1 Å². The minimum atomic E-state index is -0.708. The molecule has 0 bridgehead atoms. The highest BCUT2D eigenvalue weighted by Crippen LogP contribution is 2.36. The molecular weight excluding hydrogens is 330 g/mol. The van der Waals surface area contributed by atoms with Crippen molar-refractivity contribution in [3.8, 4) is 6.07 Å². The summed E-state index contributed by atoms with van der Waals surface area (Å²) in [7, 11) is 0. The molecule has 132 valence electrons. The van der Waals surface area contributed by atoms with Crippen molar-refractivity contribution in [3.63, 3.8) is 0 Å². The van der Waals surface area contributed by atoms with Crippen LogP contribution in [0.3, 0.4) is 0 Å². The summed E-state index contributed by atoms with van der Waals surface area (Å²) in [5.74, 6) is -0.177. The Hall–Kier alpha value is -2.98. The standard InChI is InChI=1S/C19H19N5O2/c1-12(25)17-8-15-13(10-21-17)7-18(26)16(9-20)19(15)23-6-3-14(11-23)24-5-2-4-22-24/h2,4-5,8,10,12,14,25H,3,6-7,11H2,1H3/t12?,14-/m1/s1. The van der Waals surface area contributed by atoms with Gasteiger partial charge in [-0.15, -0.1) is 0 Å². The number of ketones is 1. The third-order valence-corrected chi connectivity index (χ3v) is 5.05. The van der Waals surface area contributed by atoms with Crippen LogP contribution in [0, 0.1) is 11.3 Å². The van der Waals surface area contributed by atoms with Crippen LogP contribution in [0.5, 0.6) is 0 Å². The molecule has 1 N–H and O–H groups in total. The molecule has 0 radical (unpaired) electrons. The van der Waals surface area contributed by atoms with Gasteiger partial charge in [0.25, 0.3) is 0 Å². The van der Waals surface area contributed by atoms with Gasteiger partial charge in [-0.3, -0.25) is 14.5 Å². The quantitative estimate of drug-likeness (QED) is 0.905. The third-order valence-electron chi connectivity index (χ3n) is 5.05. The van der Waals surface area contributed by atoms with Crippen LogP contribution in [0.4, 0.5) is 0 Å². The van der Waals surface area contributed by atoms with E-state index < -0.39 is 6.10 Å². The highest BCUT2D eigenvalue weighted by molar-refractivity contribution is 6.09. The lowest BCUT2D eigenvalue weighted by molar-refractivity contribution is -0.114. The fourth-order valence-corrected chi connectivity index (χ4v) is 3.72. The van der Waals surface area contributed by atoms with E-state index >= 15 is 0 Å². The third kappa shape index (κ3) is 2.68. The Bertz CT molecular complexity index is 924. The number of Topliss-reactive ketones (excluding diaryl/α,β-unsaturated/α-hetero) is 1. The number of aliphatic hydroxyl groups excluding tert-OH is 1. The smallest absolute Gasteiger partial charge is 0.179 e. The van der Waals surface area contributed by atoms with E-state index in [-0.39, 0.29) is 23.8 Å². The molecular formula is C19H19N5O2. The first kappa shape index (κ1) is 16.5. The number of rotatable bonds is 3. The van der Waals surface area contributed by atoms with Crippen LogP contribution in [-0.2, 0) is 11.2 Å². The van der Waals surface area contributed by atoms with Gasteiger partial charge in [-0.05, 0) is 31.0 Å². The van der Waals surface area contributed by atoms with E-state index in [0.717, 1.165) is 24.1 Å². The average Bonchev–Trinajstić information content (AvgIpc) is 3.31. The second kappa shape index (κ2) is 6.39. The molecule has 2 atom stereocenters. The maximum Gasteiger partial charge on any atom is 0.179 e. The molecule has 1 aliphatic heterocycles. The molecule has 0 spiro atoms. The Labute approximate surface area is 151 Å². The SMILES string of the molecule is CC(O)c1cc2c(cn1)CC(=O)C(C#N)=C2N1CC[C@@H](n2cccn2)C1. The van der Waals surface area contributed by atoms with Crippen LogP contribution in [0.2, 0.25) is 0 Å². The monoisotopic (exact) mass is 349 g/mol. The lowest BCUT2D eigenvalue weighted by atomic mass is 9.88. The Morgan fingerprint density at radius 2 is 2.31 bits per heavy atom. The number of aliphatic hydroxyl groups is 1. The summed E-state index contributed by atoms with van der Waals surface area (Å²) in [6.07, 6.45) is 5.68. The van der Waals surface area contributed by atoms with Crippen molar-refractivity contribution in [1.82, 2.24) is 19.7 Å². The van der Waals surface area contributed by atoms with Crippen molar-refractivity contribution in [2.75, 3.05) is 13.1 Å². The minimum absolute atomic E-state index is 0.172. The van der Waals surface area contributed by atoms with Gasteiger partial charge in [0.15, 0.2) is 5.78 Å². The van der Waals surface area contributed by atoms with Crippen LogP contribution in [0.15, 0.2) is 36.3 Å². The first-order valence-electron chi connectivity index (χ1n) is 8.67. The molecule has 2 aliphatic rings. The van der Waals surface area contributed by atoms with Crippen LogP contribution in [-0.4, -0.2) is 43.6 Å². The predicted octanol–water partition coefficient (Wildman–Crippen LogP) is 1.64. The molecule has 4 rings (SSSR count). The van der Waals surface area contributed by atoms with Crippen LogP contribution in [0.25, 0.3) is 5.70 Å². The van der Waals surface area contributed by atoms with Gasteiger partial charge < -0.3 is 10.0 Å². The van der Waals surface area contributed by atoms with Crippen molar-refractivity contribution in [3.05, 3.63) is 53.1 Å². The Kier molecular flexibility index (Phi) is 4.05. The van der Waals surface area contributed by atoms with E-state index in [9.17, 15) is 15.2 Å². The lowest BCUT2D eigenvalue weighted by Gasteiger charge is -2.28. The highest BCUT2D eigenvalue weighted by atomic mass is 16.3. The van der Waals surface area contributed by atoms with Crippen molar-refractivity contribution >= 4 is 11.5 Å². The first-order chi connectivity index (χ1) is 12.6. The van der Waals surface area contributed by atoms with E-state index in [0.29, 0.717) is 17.9 Å². The molecule has 2 aromatic rings. The molecule has 0 saturated carbocycles. The van der Waals surface area contributed by atoms with Gasteiger partial charge in [0.05, 0.1) is 23.5 Å². The second-order valence-electron chi connectivity index (χ2n) is 6.75. The topological polar surface area (TPSA) is 95.0 Å². The number of pyridine rings is 1. The van der Waals surface area contributed by atoms with Crippen molar-refractivity contribution in [1.29, 1.82) is 5.26 Å². The van der Waals surface area contributed by atoms with E-state index in [1.165, 1.54) is 0 Å². The number of nitriles is 1. The molecule has 7 heteroatoms. The van der Waals surface area contributed by atoms with Crippen LogP contribution < -0.4 is 0 Å². The van der Waals surface area contributed by atoms with Gasteiger partial charge in [0.1, 0.15) is 11.6 Å². The zero-order valence-electron chi connectivity index (χ0n) is 14.5. The Morgan fingerprint density at radius 3 is 3.00 bits per heavy atom. The summed E-state index contributed by atoms with van der Waals surface area (Å²) in [6, 6.07) is 6.00. The van der Waals surface area contributed by atoms with Crippen molar-refractivity contribution in [2.45, 2.75) is 31.9 Å². The molecule has 7 nitrogen and oxygen atoms in total. The van der Waals surface area contributed by atoms with Gasteiger partial charge in [-0.1, -0.05) is 0 Å². The fraction of sp³-hybridized carbons (Fsp3) is 0.368. The summed E-state index contributed by atoms with van der Waals surface area (Å²) >= 11 is 0. The van der Waals surface area contributed by atoms with Crippen LogP contribution >= 0.6 is 0 Å². The summed E-state index contributed by atoms with van der Waals surface area (Å²) in [4.78, 5) is 18.8. The Morgan fingerprint density at radius 1 is 1.46 bits per heavy atom. The van der Waals surface area contributed by atoms with E-state index in [1.807, 2.05) is 16.9 Å². The molecule has 26 heavy (non-hydrogen) atoms. The van der Waals surface area contributed by atoms with Gasteiger partial charge >= 0.3 is 0 Å². The summed E-state index contributed by atoms with van der Waals surface area (Å²) in [6.45, 7) is 3.08. The molecule has 1 saturated heterocycles. The normalized spacial score (nSPS) is 20.9. The van der Waals surface area contributed by atoms with E-state index in [1.54, 1.807) is 25.4 Å². The Balaban J connectivity index is 1.77. The van der Waals surface area contributed by atoms with Gasteiger partial charge in [-0.25, -0.2) is 0 Å². The highest BCUT2D eigenvalue weighted by Gasteiger charge is 2.34. The van der Waals surface area contributed by atoms with Gasteiger partial charge in [-0.2, -0.15) is 10.4 Å². The number of carbonyl (C=O) groups is 1. The molecule has 0 amide bonds.